The van der Waals surface area contributed by atoms with Gasteiger partial charge in [0.1, 0.15) is 5.58 Å². The largest absolute Gasteiger partial charge is 0.465 e. The Labute approximate surface area is 143 Å². The van der Waals surface area contributed by atoms with Gasteiger partial charge in [0.25, 0.3) is 0 Å². The maximum atomic E-state index is 12.2. The molecule has 0 fully saturated rings. The van der Waals surface area contributed by atoms with E-state index >= 15 is 0 Å². The van der Waals surface area contributed by atoms with Gasteiger partial charge in [-0.1, -0.05) is 30.3 Å². The SMILES string of the molecule is O=c1oc2ccccc2c2c1OCN(c1cccc3cnccc13)C2. The summed E-state index contributed by atoms with van der Waals surface area (Å²) in [6, 6.07) is 15.7. The summed E-state index contributed by atoms with van der Waals surface area (Å²) >= 11 is 0. The summed E-state index contributed by atoms with van der Waals surface area (Å²) in [5.41, 5.74) is 2.08. The van der Waals surface area contributed by atoms with Crippen molar-refractivity contribution in [2.75, 3.05) is 11.6 Å². The number of hydrogen-bond acceptors (Lipinski definition) is 5. The molecule has 0 N–H and O–H groups in total. The lowest BCUT2D eigenvalue weighted by Crippen LogP contribution is -2.34. The molecule has 0 bridgehead atoms. The number of anilines is 1. The van der Waals surface area contributed by atoms with Crippen molar-refractivity contribution in [1.29, 1.82) is 0 Å². The van der Waals surface area contributed by atoms with E-state index in [1.165, 1.54) is 0 Å². The molecular weight excluding hydrogens is 316 g/mol. The van der Waals surface area contributed by atoms with Gasteiger partial charge in [0.05, 0.1) is 6.54 Å². The van der Waals surface area contributed by atoms with Gasteiger partial charge in [0.15, 0.2) is 6.73 Å². The lowest BCUT2D eigenvalue weighted by atomic mass is 10.1. The van der Waals surface area contributed by atoms with Crippen LogP contribution in [-0.4, -0.2) is 11.7 Å². The molecule has 0 unspecified atom stereocenters. The number of fused-ring (bicyclic) bond motifs is 4. The van der Waals surface area contributed by atoms with Crippen LogP contribution < -0.4 is 15.3 Å². The molecule has 0 radical (unpaired) electrons. The Bertz CT molecular complexity index is 1160. The molecule has 122 valence electrons. The van der Waals surface area contributed by atoms with Crippen LogP contribution in [0.4, 0.5) is 5.69 Å². The minimum atomic E-state index is -0.421. The van der Waals surface area contributed by atoms with Gasteiger partial charge < -0.3 is 14.1 Å². The average Bonchev–Trinajstić information content (AvgIpc) is 2.67. The highest BCUT2D eigenvalue weighted by Gasteiger charge is 2.25. The number of pyridine rings is 1. The van der Waals surface area contributed by atoms with E-state index in [0.29, 0.717) is 24.6 Å². The summed E-state index contributed by atoms with van der Waals surface area (Å²) in [5.74, 6) is 0.317. The molecule has 5 rings (SSSR count). The second-order valence-corrected chi connectivity index (χ2v) is 6.04. The van der Waals surface area contributed by atoms with Crippen molar-refractivity contribution in [2.24, 2.45) is 0 Å². The molecule has 0 saturated carbocycles. The molecule has 4 aromatic rings. The van der Waals surface area contributed by atoms with Crippen molar-refractivity contribution in [3.63, 3.8) is 0 Å². The van der Waals surface area contributed by atoms with E-state index in [0.717, 1.165) is 27.4 Å². The van der Waals surface area contributed by atoms with E-state index in [-0.39, 0.29) is 0 Å². The molecule has 0 atom stereocenters. The van der Waals surface area contributed by atoms with E-state index < -0.39 is 5.63 Å². The molecule has 2 aromatic carbocycles. The van der Waals surface area contributed by atoms with Gasteiger partial charge in [-0.3, -0.25) is 4.98 Å². The third-order valence-electron chi connectivity index (χ3n) is 4.59. The van der Waals surface area contributed by atoms with Crippen LogP contribution in [0.2, 0.25) is 0 Å². The summed E-state index contributed by atoms with van der Waals surface area (Å²) in [5, 5.41) is 3.09. The van der Waals surface area contributed by atoms with Crippen LogP contribution in [-0.2, 0) is 6.54 Å². The van der Waals surface area contributed by atoms with Gasteiger partial charge in [0, 0.05) is 39.8 Å². The lowest BCUT2D eigenvalue weighted by Gasteiger charge is -2.31. The van der Waals surface area contributed by atoms with Gasteiger partial charge >= 0.3 is 5.63 Å². The predicted molar refractivity (Wildman–Crippen MR) is 95.9 cm³/mol. The first kappa shape index (κ1) is 14.0. The number of nitrogens with zero attached hydrogens (tertiary/aromatic N) is 2. The number of aromatic nitrogens is 1. The monoisotopic (exact) mass is 330 g/mol. The van der Waals surface area contributed by atoms with E-state index in [9.17, 15) is 4.79 Å². The van der Waals surface area contributed by atoms with Crippen molar-refractivity contribution < 1.29 is 9.15 Å². The molecule has 0 amide bonds. The molecule has 1 aliphatic rings. The molecule has 0 aliphatic carbocycles. The first-order chi connectivity index (χ1) is 12.3. The minimum Gasteiger partial charge on any atom is -0.465 e. The molecular formula is C20H14N2O3. The molecule has 5 nitrogen and oxygen atoms in total. The lowest BCUT2D eigenvalue weighted by molar-refractivity contribution is 0.276. The fourth-order valence-corrected chi connectivity index (χ4v) is 3.41. The Kier molecular flexibility index (Phi) is 3.00. The fraction of sp³-hybridized carbons (Fsp3) is 0.100. The van der Waals surface area contributed by atoms with Crippen LogP contribution in [0.3, 0.4) is 0 Å². The van der Waals surface area contributed by atoms with Crippen LogP contribution in [0, 0.1) is 0 Å². The van der Waals surface area contributed by atoms with Crippen molar-refractivity contribution in [2.45, 2.75) is 6.54 Å². The van der Waals surface area contributed by atoms with Crippen LogP contribution in [0.1, 0.15) is 5.56 Å². The predicted octanol–water partition coefficient (Wildman–Crippen LogP) is 3.70. The Balaban J connectivity index is 1.68. The second kappa shape index (κ2) is 5.34. The molecule has 0 spiro atoms. The van der Waals surface area contributed by atoms with Gasteiger partial charge in [-0.15, -0.1) is 0 Å². The van der Waals surface area contributed by atoms with Crippen LogP contribution >= 0.6 is 0 Å². The summed E-state index contributed by atoms with van der Waals surface area (Å²) in [6.45, 7) is 0.889. The topological polar surface area (TPSA) is 55.6 Å². The Morgan fingerprint density at radius 1 is 1.00 bits per heavy atom. The zero-order valence-electron chi connectivity index (χ0n) is 13.3. The third kappa shape index (κ3) is 2.16. The molecule has 3 heterocycles. The van der Waals surface area contributed by atoms with E-state index in [4.69, 9.17) is 9.15 Å². The van der Waals surface area contributed by atoms with Crippen LogP contribution in [0.25, 0.3) is 21.7 Å². The van der Waals surface area contributed by atoms with Crippen molar-refractivity contribution in [3.8, 4) is 5.75 Å². The molecule has 2 aromatic heterocycles. The summed E-state index contributed by atoms with van der Waals surface area (Å²) in [7, 11) is 0. The van der Waals surface area contributed by atoms with E-state index in [1.807, 2.05) is 42.6 Å². The van der Waals surface area contributed by atoms with Crippen molar-refractivity contribution in [1.82, 2.24) is 4.98 Å². The number of para-hydroxylation sites is 1. The first-order valence-electron chi connectivity index (χ1n) is 8.06. The zero-order valence-corrected chi connectivity index (χ0v) is 13.3. The second-order valence-electron chi connectivity index (χ2n) is 6.04. The highest BCUT2D eigenvalue weighted by Crippen LogP contribution is 2.34. The maximum absolute atomic E-state index is 12.2. The molecule has 5 heteroatoms. The normalized spacial score (nSPS) is 13.7. The standard InChI is InChI=1S/C20H14N2O3/c23-20-19-16(15-5-1-2-7-18(15)25-20)11-22(12-24-19)17-6-3-4-13-10-21-9-8-14(13)17/h1-10H,11-12H2. The Morgan fingerprint density at radius 3 is 2.88 bits per heavy atom. The van der Waals surface area contributed by atoms with Gasteiger partial charge in [-0.05, 0) is 18.2 Å². The zero-order chi connectivity index (χ0) is 16.8. The summed E-state index contributed by atoms with van der Waals surface area (Å²) < 4.78 is 11.1. The molecule has 1 aliphatic heterocycles. The Hall–Kier alpha value is -3.34. The Morgan fingerprint density at radius 2 is 1.92 bits per heavy atom. The van der Waals surface area contributed by atoms with E-state index in [1.54, 1.807) is 12.3 Å². The van der Waals surface area contributed by atoms with Crippen molar-refractivity contribution in [3.05, 3.63) is 76.9 Å². The van der Waals surface area contributed by atoms with Gasteiger partial charge in [0.2, 0.25) is 5.75 Å². The third-order valence-corrected chi connectivity index (χ3v) is 4.59. The van der Waals surface area contributed by atoms with Crippen molar-refractivity contribution >= 4 is 27.4 Å². The highest BCUT2D eigenvalue weighted by atomic mass is 16.5. The quantitative estimate of drug-likeness (QED) is 0.498. The highest BCUT2D eigenvalue weighted by molar-refractivity contribution is 5.94. The fourth-order valence-electron chi connectivity index (χ4n) is 3.41. The minimum absolute atomic E-state index is 0.303. The van der Waals surface area contributed by atoms with Crippen LogP contribution in [0.5, 0.6) is 5.75 Å². The van der Waals surface area contributed by atoms with E-state index in [2.05, 4.69) is 16.0 Å². The number of benzene rings is 2. The maximum Gasteiger partial charge on any atom is 0.379 e. The molecule has 0 saturated heterocycles. The number of rotatable bonds is 1. The summed E-state index contributed by atoms with van der Waals surface area (Å²) in [4.78, 5) is 18.5. The van der Waals surface area contributed by atoms with Crippen LogP contribution in [0.15, 0.2) is 70.1 Å². The molecule has 25 heavy (non-hydrogen) atoms. The smallest absolute Gasteiger partial charge is 0.379 e. The number of ether oxygens (including phenoxy) is 1. The average molecular weight is 330 g/mol. The van der Waals surface area contributed by atoms with Gasteiger partial charge in [-0.25, -0.2) is 4.79 Å². The van der Waals surface area contributed by atoms with Gasteiger partial charge in [-0.2, -0.15) is 0 Å². The summed E-state index contributed by atoms with van der Waals surface area (Å²) in [6.07, 6.45) is 3.64. The number of hydrogen-bond donors (Lipinski definition) is 0. The first-order valence-corrected chi connectivity index (χ1v) is 8.06.